The number of alkyl halides is 2. The van der Waals surface area contributed by atoms with Crippen LogP contribution < -0.4 is 16.1 Å². The molecule has 0 bridgehead atoms. The number of benzene rings is 2. The van der Waals surface area contributed by atoms with Crippen molar-refractivity contribution in [2.24, 2.45) is 5.92 Å². The summed E-state index contributed by atoms with van der Waals surface area (Å²) in [5.41, 5.74) is 5.98. The predicted octanol–water partition coefficient (Wildman–Crippen LogP) is 4.38. The molecule has 1 saturated heterocycles. The highest BCUT2D eigenvalue weighted by molar-refractivity contribution is 6.48. The van der Waals surface area contributed by atoms with Gasteiger partial charge in [0.1, 0.15) is 29.1 Å². The van der Waals surface area contributed by atoms with E-state index in [1.165, 1.54) is 11.9 Å². The number of aliphatic hydroxyl groups excluding tert-OH is 1. The Bertz CT molecular complexity index is 1640. The molecular formula is C35H43Cl2N5O6. The molecule has 48 heavy (non-hydrogen) atoms. The number of hydrazine groups is 1. The fourth-order valence-corrected chi connectivity index (χ4v) is 5.48. The highest BCUT2D eigenvalue weighted by Crippen LogP contribution is 2.26. The van der Waals surface area contributed by atoms with Crippen molar-refractivity contribution < 1.29 is 29.0 Å². The van der Waals surface area contributed by atoms with Crippen molar-refractivity contribution in [2.75, 3.05) is 13.2 Å². The number of aromatic nitrogens is 1. The van der Waals surface area contributed by atoms with Gasteiger partial charge in [-0.2, -0.15) is 0 Å². The number of halogens is 2. The molecule has 258 valence electrons. The number of aliphatic hydroxyl groups is 1. The number of fused-ring (bicyclic) bond motifs is 1. The largest absolute Gasteiger partial charge is 0.461 e. The van der Waals surface area contributed by atoms with Gasteiger partial charge in [-0.15, -0.1) is 0 Å². The first kappa shape index (κ1) is 37.1. The van der Waals surface area contributed by atoms with Gasteiger partial charge in [0, 0.05) is 23.7 Å². The van der Waals surface area contributed by atoms with Crippen molar-refractivity contribution in [3.8, 4) is 11.3 Å². The third-order valence-corrected chi connectivity index (χ3v) is 8.23. The zero-order valence-corrected chi connectivity index (χ0v) is 29.3. The van der Waals surface area contributed by atoms with Gasteiger partial charge in [-0.05, 0) is 74.2 Å². The second-order valence-corrected chi connectivity index (χ2v) is 14.6. The first-order valence-electron chi connectivity index (χ1n) is 16.0. The minimum Gasteiger partial charge on any atom is -0.461 e. The van der Waals surface area contributed by atoms with E-state index in [1.54, 1.807) is 33.9 Å². The topological polar surface area (TPSA) is 150 Å². The summed E-state index contributed by atoms with van der Waals surface area (Å²) in [5, 5.41) is 18.7. The Labute approximate surface area is 290 Å². The molecule has 3 amide bonds. The maximum atomic E-state index is 13.3. The van der Waals surface area contributed by atoms with Crippen LogP contribution in [0.2, 0.25) is 0 Å². The smallest absolute Gasteiger partial charge is 0.325 e. The molecule has 0 unspecified atom stereocenters. The molecule has 13 heteroatoms. The van der Waals surface area contributed by atoms with Gasteiger partial charge in [0.05, 0.1) is 18.2 Å². The van der Waals surface area contributed by atoms with Gasteiger partial charge >= 0.3 is 5.97 Å². The number of rotatable bonds is 12. The normalized spacial score (nSPS) is 17.0. The van der Waals surface area contributed by atoms with Gasteiger partial charge in [-0.25, -0.2) is 5.43 Å². The lowest BCUT2D eigenvalue weighted by molar-refractivity contribution is -0.153. The van der Waals surface area contributed by atoms with Crippen LogP contribution in [0.5, 0.6) is 0 Å². The molecule has 1 aliphatic rings. The van der Waals surface area contributed by atoms with Gasteiger partial charge < -0.3 is 20.5 Å². The lowest BCUT2D eigenvalue weighted by Gasteiger charge is -2.34. The van der Waals surface area contributed by atoms with Crippen LogP contribution in [-0.4, -0.2) is 74.4 Å². The second-order valence-electron chi connectivity index (χ2n) is 12.7. The molecule has 0 spiro atoms. The summed E-state index contributed by atoms with van der Waals surface area (Å²) in [6.07, 6.45) is 2.22. The Kier molecular flexibility index (Phi) is 12.4. The van der Waals surface area contributed by atoms with Gasteiger partial charge in [0.2, 0.25) is 11.8 Å². The number of hydrogen-bond acceptors (Lipinski definition) is 8. The van der Waals surface area contributed by atoms with Crippen molar-refractivity contribution in [3.05, 3.63) is 65.9 Å². The summed E-state index contributed by atoms with van der Waals surface area (Å²) in [6.45, 7) is 8.52. The zero-order valence-electron chi connectivity index (χ0n) is 27.8. The Morgan fingerprint density at radius 2 is 1.81 bits per heavy atom. The molecule has 3 aromatic rings. The summed E-state index contributed by atoms with van der Waals surface area (Å²) >= 11 is 11.8. The van der Waals surface area contributed by atoms with E-state index in [4.69, 9.17) is 27.9 Å². The van der Waals surface area contributed by atoms with Crippen LogP contribution in [0.4, 0.5) is 0 Å². The molecule has 1 fully saturated rings. The first-order valence-corrected chi connectivity index (χ1v) is 16.8. The highest BCUT2D eigenvalue weighted by atomic mass is 35.5. The van der Waals surface area contributed by atoms with Crippen LogP contribution in [0.1, 0.15) is 64.7 Å². The third kappa shape index (κ3) is 10.1. The number of ether oxygens (including phenoxy) is 1. The summed E-state index contributed by atoms with van der Waals surface area (Å²) in [4.78, 5) is 56.7. The minimum absolute atomic E-state index is 0.0281. The minimum atomic E-state index is -1.23. The van der Waals surface area contributed by atoms with Crippen LogP contribution in [0.15, 0.2) is 54.7 Å². The van der Waals surface area contributed by atoms with E-state index in [-0.39, 0.29) is 24.9 Å². The Morgan fingerprint density at radius 1 is 1.06 bits per heavy atom. The van der Waals surface area contributed by atoms with Crippen molar-refractivity contribution in [1.29, 1.82) is 0 Å². The molecule has 2 aromatic carbocycles. The first-order chi connectivity index (χ1) is 22.6. The summed E-state index contributed by atoms with van der Waals surface area (Å²) in [7, 11) is 0. The fourth-order valence-electron chi connectivity index (χ4n) is 5.37. The molecule has 0 saturated carbocycles. The van der Waals surface area contributed by atoms with Crippen molar-refractivity contribution in [2.45, 2.75) is 82.4 Å². The van der Waals surface area contributed by atoms with Crippen LogP contribution in [0.3, 0.4) is 0 Å². The Balaban J connectivity index is 1.35. The van der Waals surface area contributed by atoms with Crippen molar-refractivity contribution in [3.63, 3.8) is 0 Å². The number of esters is 1. The molecule has 4 N–H and O–H groups in total. The van der Waals surface area contributed by atoms with E-state index < -0.39 is 46.3 Å². The number of pyridine rings is 1. The van der Waals surface area contributed by atoms with Gasteiger partial charge in [0.25, 0.3) is 5.91 Å². The third-order valence-electron chi connectivity index (χ3n) is 8.02. The monoisotopic (exact) mass is 699 g/mol. The predicted molar refractivity (Wildman–Crippen MR) is 185 cm³/mol. The maximum Gasteiger partial charge on any atom is 0.325 e. The van der Waals surface area contributed by atoms with E-state index in [1.807, 2.05) is 48.5 Å². The molecular weight excluding hydrogens is 657 g/mol. The zero-order chi connectivity index (χ0) is 35.2. The van der Waals surface area contributed by atoms with E-state index in [9.17, 15) is 24.3 Å². The molecule has 4 atom stereocenters. The summed E-state index contributed by atoms with van der Waals surface area (Å²) < 4.78 is 3.94. The quantitative estimate of drug-likeness (QED) is 0.161. The lowest BCUT2D eigenvalue weighted by atomic mass is 10.0. The van der Waals surface area contributed by atoms with Gasteiger partial charge in [-0.3, -0.25) is 29.2 Å². The fraction of sp³-hybridized carbons (Fsp3) is 0.457. The highest BCUT2D eigenvalue weighted by Gasteiger charge is 2.34. The molecule has 1 aromatic heterocycles. The SMILES string of the molecule is CC(C)[C@H](NC(=O)Cc1cccc(-c2cc3cc([C@@H](C)O)ccc3cn2)c1)C(=O)N[C@@H](C)C(=O)N1CCC[C@@H](C(=O)OCC(C)(Cl)Cl)N1. The van der Waals surface area contributed by atoms with Gasteiger partial charge in [0.15, 0.2) is 0 Å². The lowest BCUT2D eigenvalue weighted by Crippen LogP contribution is -2.61. The second kappa shape index (κ2) is 16.1. The Hall–Kier alpha value is -3.77. The average molecular weight is 701 g/mol. The molecule has 0 radical (unpaired) electrons. The number of hydrogen-bond donors (Lipinski definition) is 4. The molecule has 1 aliphatic heterocycles. The van der Waals surface area contributed by atoms with E-state index in [0.717, 1.165) is 33.2 Å². The van der Waals surface area contributed by atoms with E-state index in [0.29, 0.717) is 19.4 Å². The van der Waals surface area contributed by atoms with Crippen LogP contribution in [0, 0.1) is 5.92 Å². The number of nitrogens with zero attached hydrogens (tertiary/aromatic N) is 2. The van der Waals surface area contributed by atoms with Crippen molar-refractivity contribution in [1.82, 2.24) is 26.1 Å². The molecule has 2 heterocycles. The Morgan fingerprint density at radius 3 is 2.50 bits per heavy atom. The number of nitrogens with one attached hydrogen (secondary N) is 3. The number of carbonyl (C=O) groups is 4. The molecule has 11 nitrogen and oxygen atoms in total. The van der Waals surface area contributed by atoms with Crippen LogP contribution in [-0.2, 0) is 30.3 Å². The van der Waals surface area contributed by atoms with Crippen LogP contribution >= 0.6 is 23.2 Å². The molecule has 0 aliphatic carbocycles. The number of amides is 3. The standard InChI is InChI=1S/C35H43Cl2N5O6/c1-20(2)31(32(45)39-21(3)33(46)42-13-7-10-28(41-42)34(47)48-19-35(5,36)37)40-30(44)15-23-8-6-9-25(14-23)29-17-27-16-24(22(4)43)11-12-26(27)18-38-29/h6,8-9,11-12,14,16-18,20-22,28,31,41,43H,7,10,13,15,19H2,1-5H3,(H,39,45)(H,40,44)/t21-,22+,28-,31-/m0/s1. The average Bonchev–Trinajstić information content (AvgIpc) is 3.04. The summed E-state index contributed by atoms with van der Waals surface area (Å²) in [5.74, 6) is -2.13. The van der Waals surface area contributed by atoms with Crippen LogP contribution in [0.25, 0.3) is 22.0 Å². The summed E-state index contributed by atoms with van der Waals surface area (Å²) in [6, 6.07) is 12.6. The van der Waals surface area contributed by atoms with E-state index >= 15 is 0 Å². The number of carbonyl (C=O) groups excluding carboxylic acids is 4. The van der Waals surface area contributed by atoms with E-state index in [2.05, 4.69) is 21.0 Å². The maximum absolute atomic E-state index is 13.3. The molecule has 4 rings (SSSR count). The van der Waals surface area contributed by atoms with Gasteiger partial charge in [-0.1, -0.05) is 67.4 Å². The van der Waals surface area contributed by atoms with Crippen molar-refractivity contribution >= 4 is 57.7 Å².